The highest BCUT2D eigenvalue weighted by Crippen LogP contribution is 2.15. The lowest BCUT2D eigenvalue weighted by Gasteiger charge is -2.41. The number of likely N-dealkylation sites (N-methyl/N-ethyl adjacent to an activating group) is 1. The predicted molar refractivity (Wildman–Crippen MR) is 73.2 cm³/mol. The topological polar surface area (TPSA) is 49.9 Å². The fraction of sp³-hybridized carbons (Fsp3) is 1.00. The number of morpholine rings is 1. The molecule has 0 aromatic rings. The van der Waals surface area contributed by atoms with E-state index in [9.17, 15) is 8.42 Å². The number of nitrogens with zero attached hydrogens (tertiary/aromatic N) is 2. The van der Waals surface area contributed by atoms with E-state index in [1.165, 1.54) is 10.6 Å². The molecule has 0 spiro atoms. The second kappa shape index (κ2) is 6.84. The molecule has 108 valence electrons. The van der Waals surface area contributed by atoms with Gasteiger partial charge < -0.3 is 4.74 Å². The van der Waals surface area contributed by atoms with Crippen LogP contribution in [0.25, 0.3) is 0 Å². The normalized spacial score (nSPS) is 24.4. The van der Waals surface area contributed by atoms with E-state index in [0.717, 1.165) is 19.6 Å². The second-order valence-corrected chi connectivity index (χ2v) is 6.92. The molecule has 0 N–H and O–H groups in total. The van der Waals surface area contributed by atoms with E-state index >= 15 is 0 Å². The quantitative estimate of drug-likeness (QED) is 0.720. The maximum absolute atomic E-state index is 11.6. The van der Waals surface area contributed by atoms with Gasteiger partial charge in [-0.25, -0.2) is 12.7 Å². The summed E-state index contributed by atoms with van der Waals surface area (Å²) in [6.45, 7) is 9.52. The first-order valence-electron chi connectivity index (χ1n) is 6.68. The van der Waals surface area contributed by atoms with E-state index in [4.69, 9.17) is 4.74 Å². The van der Waals surface area contributed by atoms with E-state index < -0.39 is 10.0 Å². The molecule has 0 aliphatic carbocycles. The fourth-order valence-electron chi connectivity index (χ4n) is 2.37. The molecule has 1 aliphatic heterocycles. The zero-order chi connectivity index (χ0) is 13.8. The van der Waals surface area contributed by atoms with Crippen LogP contribution < -0.4 is 0 Å². The van der Waals surface area contributed by atoms with Crippen LogP contribution in [0.2, 0.25) is 0 Å². The summed E-state index contributed by atoms with van der Waals surface area (Å²) in [6, 6.07) is 0.639. The van der Waals surface area contributed by atoms with Crippen molar-refractivity contribution in [3.8, 4) is 0 Å². The fourth-order valence-corrected chi connectivity index (χ4v) is 3.29. The Morgan fingerprint density at radius 3 is 2.61 bits per heavy atom. The number of rotatable bonds is 6. The van der Waals surface area contributed by atoms with Gasteiger partial charge in [0.05, 0.1) is 19.5 Å². The minimum absolute atomic E-state index is 0.170. The van der Waals surface area contributed by atoms with Crippen molar-refractivity contribution in [3.05, 3.63) is 0 Å². The van der Waals surface area contributed by atoms with E-state index in [-0.39, 0.29) is 6.04 Å². The molecule has 0 aromatic heterocycles. The van der Waals surface area contributed by atoms with Gasteiger partial charge in [-0.15, -0.1) is 0 Å². The van der Waals surface area contributed by atoms with Crippen molar-refractivity contribution in [1.29, 1.82) is 0 Å². The molecule has 0 saturated carbocycles. The van der Waals surface area contributed by atoms with Crippen molar-refractivity contribution in [1.82, 2.24) is 9.21 Å². The Morgan fingerprint density at radius 1 is 1.44 bits per heavy atom. The molecular weight excluding hydrogens is 252 g/mol. The first kappa shape index (κ1) is 15.9. The molecule has 6 heteroatoms. The van der Waals surface area contributed by atoms with Gasteiger partial charge in [0.25, 0.3) is 0 Å². The van der Waals surface area contributed by atoms with Crippen molar-refractivity contribution < 1.29 is 13.2 Å². The maximum Gasteiger partial charge on any atom is 0.211 e. The zero-order valence-corrected chi connectivity index (χ0v) is 12.7. The van der Waals surface area contributed by atoms with Gasteiger partial charge in [-0.2, -0.15) is 0 Å². The van der Waals surface area contributed by atoms with Crippen LogP contribution in [0.3, 0.4) is 0 Å². The number of ether oxygens (including phenoxy) is 1. The van der Waals surface area contributed by atoms with Gasteiger partial charge in [0, 0.05) is 31.7 Å². The largest absolute Gasteiger partial charge is 0.378 e. The Labute approximate surface area is 111 Å². The third kappa shape index (κ3) is 4.19. The molecule has 0 aromatic carbocycles. The standard InChI is InChI=1S/C12H26N2O3S/c1-5-11(3)14-7-8-17-10-12(14)9-13(6-2)18(4,15)16/h11-12H,5-10H2,1-4H3. The molecule has 1 heterocycles. The summed E-state index contributed by atoms with van der Waals surface area (Å²) in [5, 5.41) is 0. The summed E-state index contributed by atoms with van der Waals surface area (Å²) in [4.78, 5) is 2.37. The average Bonchev–Trinajstić information content (AvgIpc) is 2.34. The van der Waals surface area contributed by atoms with Crippen molar-refractivity contribution in [2.24, 2.45) is 0 Å². The lowest BCUT2D eigenvalue weighted by molar-refractivity contribution is -0.0308. The summed E-state index contributed by atoms with van der Waals surface area (Å²) in [7, 11) is -3.12. The minimum Gasteiger partial charge on any atom is -0.378 e. The first-order valence-corrected chi connectivity index (χ1v) is 8.53. The van der Waals surface area contributed by atoms with Gasteiger partial charge in [-0.3, -0.25) is 4.90 Å². The van der Waals surface area contributed by atoms with Crippen LogP contribution in [0.1, 0.15) is 27.2 Å². The molecule has 5 nitrogen and oxygen atoms in total. The minimum atomic E-state index is -3.12. The van der Waals surface area contributed by atoms with E-state index in [0.29, 0.717) is 25.7 Å². The predicted octanol–water partition coefficient (Wildman–Crippen LogP) is 0.767. The summed E-state index contributed by atoms with van der Waals surface area (Å²) < 4.78 is 30.3. The molecule has 18 heavy (non-hydrogen) atoms. The Bertz CT molecular complexity index is 345. The van der Waals surface area contributed by atoms with Gasteiger partial charge in [0.1, 0.15) is 0 Å². The van der Waals surface area contributed by atoms with Crippen LogP contribution in [-0.2, 0) is 14.8 Å². The molecule has 1 fully saturated rings. The average molecular weight is 278 g/mol. The highest BCUT2D eigenvalue weighted by Gasteiger charge is 2.29. The van der Waals surface area contributed by atoms with E-state index in [2.05, 4.69) is 18.7 Å². The van der Waals surface area contributed by atoms with Gasteiger partial charge in [-0.1, -0.05) is 13.8 Å². The van der Waals surface area contributed by atoms with Crippen LogP contribution in [0.5, 0.6) is 0 Å². The summed E-state index contributed by atoms with van der Waals surface area (Å²) in [6.07, 6.45) is 2.34. The maximum atomic E-state index is 11.6. The van der Waals surface area contributed by atoms with Gasteiger partial charge in [0.2, 0.25) is 10.0 Å². The smallest absolute Gasteiger partial charge is 0.211 e. The molecule has 0 amide bonds. The first-order chi connectivity index (χ1) is 8.40. The van der Waals surface area contributed by atoms with Gasteiger partial charge in [0.15, 0.2) is 0 Å². The molecule has 0 radical (unpaired) electrons. The highest BCUT2D eigenvalue weighted by molar-refractivity contribution is 7.88. The highest BCUT2D eigenvalue weighted by atomic mass is 32.2. The number of hydrogen-bond donors (Lipinski definition) is 0. The van der Waals surface area contributed by atoms with Crippen LogP contribution in [0.4, 0.5) is 0 Å². The zero-order valence-electron chi connectivity index (χ0n) is 11.9. The molecule has 1 aliphatic rings. The SMILES string of the molecule is CCC(C)N1CCOCC1CN(CC)S(C)(=O)=O. The summed E-state index contributed by atoms with van der Waals surface area (Å²) in [5.74, 6) is 0. The third-order valence-corrected chi connectivity index (χ3v) is 5.01. The van der Waals surface area contributed by atoms with Crippen LogP contribution in [-0.4, -0.2) is 68.8 Å². The molecule has 0 bridgehead atoms. The second-order valence-electron chi connectivity index (χ2n) is 4.94. The molecule has 2 atom stereocenters. The Balaban J connectivity index is 2.72. The molecule has 1 saturated heterocycles. The van der Waals surface area contributed by atoms with Crippen molar-refractivity contribution in [2.75, 3.05) is 39.1 Å². The molecular formula is C12H26N2O3S. The lowest BCUT2D eigenvalue weighted by atomic mass is 10.1. The molecule has 2 unspecified atom stereocenters. The number of hydrogen-bond acceptors (Lipinski definition) is 4. The Hall–Kier alpha value is -0.170. The summed E-state index contributed by atoms with van der Waals surface area (Å²) in [5.41, 5.74) is 0. The third-order valence-electron chi connectivity index (χ3n) is 3.67. The van der Waals surface area contributed by atoms with Crippen molar-refractivity contribution in [3.63, 3.8) is 0 Å². The molecule has 1 rings (SSSR count). The van der Waals surface area contributed by atoms with E-state index in [1.807, 2.05) is 6.92 Å². The number of sulfonamides is 1. The lowest BCUT2D eigenvalue weighted by Crippen LogP contribution is -2.54. The van der Waals surface area contributed by atoms with Gasteiger partial charge >= 0.3 is 0 Å². The van der Waals surface area contributed by atoms with Gasteiger partial charge in [-0.05, 0) is 13.3 Å². The monoisotopic (exact) mass is 278 g/mol. The summed E-state index contributed by atoms with van der Waals surface area (Å²) >= 11 is 0. The Morgan fingerprint density at radius 2 is 2.11 bits per heavy atom. The van der Waals surface area contributed by atoms with Crippen LogP contribution >= 0.6 is 0 Å². The Kier molecular flexibility index (Phi) is 6.04. The van der Waals surface area contributed by atoms with Crippen molar-refractivity contribution >= 4 is 10.0 Å². The van der Waals surface area contributed by atoms with Crippen LogP contribution in [0.15, 0.2) is 0 Å². The van der Waals surface area contributed by atoms with E-state index in [1.54, 1.807) is 0 Å². The van der Waals surface area contributed by atoms with Crippen LogP contribution in [0, 0.1) is 0 Å². The van der Waals surface area contributed by atoms with Crippen molar-refractivity contribution in [2.45, 2.75) is 39.3 Å².